The standard InChI is InChI=1S/C16H25FN2S/c1-14(20-2)6-7-18-8-10-19(11-9-18)13-15-4-3-5-16(17)12-15/h3-5,12,14H,6-11,13H2,1-2H3/t14-/m0/s1. The molecule has 0 N–H and O–H groups in total. The van der Waals surface area contributed by atoms with Crippen LogP contribution in [0, 0.1) is 5.82 Å². The predicted octanol–water partition coefficient (Wildman–Crippen LogP) is 3.08. The maximum absolute atomic E-state index is 13.2. The molecule has 1 heterocycles. The Kier molecular flexibility index (Phi) is 6.33. The molecule has 2 rings (SSSR count). The van der Waals surface area contributed by atoms with Crippen molar-refractivity contribution in [1.82, 2.24) is 9.80 Å². The molecular formula is C16H25FN2S. The predicted molar refractivity (Wildman–Crippen MR) is 85.7 cm³/mol. The van der Waals surface area contributed by atoms with Crippen LogP contribution in [-0.2, 0) is 6.54 Å². The molecule has 1 aliphatic heterocycles. The molecular weight excluding hydrogens is 271 g/mol. The maximum atomic E-state index is 13.2. The molecule has 112 valence electrons. The van der Waals surface area contributed by atoms with Crippen molar-refractivity contribution < 1.29 is 4.39 Å². The first-order chi connectivity index (χ1) is 9.67. The molecule has 0 radical (unpaired) electrons. The summed E-state index contributed by atoms with van der Waals surface area (Å²) in [6.07, 6.45) is 3.45. The molecule has 1 aromatic rings. The molecule has 1 aliphatic rings. The van der Waals surface area contributed by atoms with Gasteiger partial charge in [-0.3, -0.25) is 4.90 Å². The van der Waals surface area contributed by atoms with Gasteiger partial charge in [0.2, 0.25) is 0 Å². The Balaban J connectivity index is 1.71. The van der Waals surface area contributed by atoms with Crippen molar-refractivity contribution in [1.29, 1.82) is 0 Å². The summed E-state index contributed by atoms with van der Waals surface area (Å²) in [5.74, 6) is -0.132. The van der Waals surface area contributed by atoms with Crippen LogP contribution in [0.3, 0.4) is 0 Å². The Morgan fingerprint density at radius 1 is 1.20 bits per heavy atom. The summed E-state index contributed by atoms with van der Waals surface area (Å²) < 4.78 is 13.2. The van der Waals surface area contributed by atoms with Crippen LogP contribution in [0.4, 0.5) is 4.39 Å². The van der Waals surface area contributed by atoms with Crippen molar-refractivity contribution in [2.75, 3.05) is 39.0 Å². The topological polar surface area (TPSA) is 6.48 Å². The summed E-state index contributed by atoms with van der Waals surface area (Å²) in [5.41, 5.74) is 1.08. The lowest BCUT2D eigenvalue weighted by Crippen LogP contribution is -2.46. The normalized spacial score (nSPS) is 19.1. The second kappa shape index (κ2) is 8.01. The van der Waals surface area contributed by atoms with Gasteiger partial charge in [0.05, 0.1) is 0 Å². The minimum Gasteiger partial charge on any atom is -0.301 e. The smallest absolute Gasteiger partial charge is 0.123 e. The van der Waals surface area contributed by atoms with Crippen molar-refractivity contribution in [3.05, 3.63) is 35.6 Å². The summed E-state index contributed by atoms with van der Waals surface area (Å²) in [6, 6.07) is 6.96. The summed E-state index contributed by atoms with van der Waals surface area (Å²) in [7, 11) is 0. The van der Waals surface area contributed by atoms with E-state index in [-0.39, 0.29) is 5.82 Å². The summed E-state index contributed by atoms with van der Waals surface area (Å²) >= 11 is 1.94. The van der Waals surface area contributed by atoms with Gasteiger partial charge >= 0.3 is 0 Å². The quantitative estimate of drug-likeness (QED) is 0.796. The molecule has 0 unspecified atom stereocenters. The van der Waals surface area contributed by atoms with E-state index in [1.54, 1.807) is 12.1 Å². The van der Waals surface area contributed by atoms with Crippen LogP contribution in [0.1, 0.15) is 18.9 Å². The zero-order valence-electron chi connectivity index (χ0n) is 12.5. The molecule has 4 heteroatoms. The van der Waals surface area contributed by atoms with E-state index >= 15 is 0 Å². The molecule has 0 amide bonds. The van der Waals surface area contributed by atoms with Gasteiger partial charge < -0.3 is 4.90 Å². The fourth-order valence-corrected chi connectivity index (χ4v) is 2.89. The lowest BCUT2D eigenvalue weighted by atomic mass is 10.2. The number of piperazine rings is 1. The Labute approximate surface area is 126 Å². The van der Waals surface area contributed by atoms with Gasteiger partial charge in [0, 0.05) is 38.0 Å². The first kappa shape index (κ1) is 15.8. The molecule has 0 saturated carbocycles. The van der Waals surface area contributed by atoms with Crippen LogP contribution in [0.2, 0.25) is 0 Å². The van der Waals surface area contributed by atoms with E-state index in [0.29, 0.717) is 0 Å². The Bertz CT molecular complexity index is 405. The van der Waals surface area contributed by atoms with Crippen LogP contribution >= 0.6 is 11.8 Å². The SMILES string of the molecule is CS[C@@H](C)CCN1CCN(Cc2cccc(F)c2)CC1. The van der Waals surface area contributed by atoms with Crippen molar-refractivity contribution >= 4 is 11.8 Å². The van der Waals surface area contributed by atoms with Crippen LogP contribution in [-0.4, -0.2) is 54.0 Å². The van der Waals surface area contributed by atoms with E-state index in [4.69, 9.17) is 0 Å². The first-order valence-corrected chi connectivity index (χ1v) is 8.68. The molecule has 2 nitrogen and oxygen atoms in total. The monoisotopic (exact) mass is 296 g/mol. The molecule has 1 aromatic carbocycles. The van der Waals surface area contributed by atoms with Gasteiger partial charge in [0.15, 0.2) is 0 Å². The number of hydrogen-bond donors (Lipinski definition) is 0. The molecule has 1 atom stereocenters. The molecule has 0 bridgehead atoms. The van der Waals surface area contributed by atoms with Crippen LogP contribution < -0.4 is 0 Å². The Morgan fingerprint density at radius 2 is 1.90 bits per heavy atom. The lowest BCUT2D eigenvalue weighted by Gasteiger charge is -2.35. The third-order valence-corrected chi connectivity index (χ3v) is 5.05. The fraction of sp³-hybridized carbons (Fsp3) is 0.625. The van der Waals surface area contributed by atoms with Crippen LogP contribution in [0.25, 0.3) is 0 Å². The second-order valence-electron chi connectivity index (χ2n) is 5.58. The highest BCUT2D eigenvalue weighted by atomic mass is 32.2. The van der Waals surface area contributed by atoms with E-state index in [1.165, 1.54) is 19.0 Å². The van der Waals surface area contributed by atoms with E-state index < -0.39 is 0 Å². The lowest BCUT2D eigenvalue weighted by molar-refractivity contribution is 0.126. The number of rotatable bonds is 6. The number of thioether (sulfide) groups is 1. The summed E-state index contributed by atoms with van der Waals surface area (Å²) in [6.45, 7) is 8.81. The van der Waals surface area contributed by atoms with Crippen molar-refractivity contribution in [2.24, 2.45) is 0 Å². The summed E-state index contributed by atoms with van der Waals surface area (Å²) in [5, 5.41) is 0.750. The van der Waals surface area contributed by atoms with Gasteiger partial charge in [-0.1, -0.05) is 19.1 Å². The van der Waals surface area contributed by atoms with Gasteiger partial charge in [0.1, 0.15) is 5.82 Å². The van der Waals surface area contributed by atoms with Gasteiger partial charge in [-0.05, 0) is 36.9 Å². The van der Waals surface area contributed by atoms with Gasteiger partial charge in [-0.2, -0.15) is 11.8 Å². The third-order valence-electron chi connectivity index (χ3n) is 4.01. The van der Waals surface area contributed by atoms with Gasteiger partial charge in [0.25, 0.3) is 0 Å². The highest BCUT2D eigenvalue weighted by molar-refractivity contribution is 7.99. The fourth-order valence-electron chi connectivity index (χ4n) is 2.55. The van der Waals surface area contributed by atoms with Crippen LogP contribution in [0.15, 0.2) is 24.3 Å². The Morgan fingerprint density at radius 3 is 2.55 bits per heavy atom. The first-order valence-electron chi connectivity index (χ1n) is 7.39. The zero-order chi connectivity index (χ0) is 14.4. The number of nitrogens with zero attached hydrogens (tertiary/aromatic N) is 2. The van der Waals surface area contributed by atoms with E-state index in [9.17, 15) is 4.39 Å². The molecule has 20 heavy (non-hydrogen) atoms. The number of hydrogen-bond acceptors (Lipinski definition) is 3. The van der Waals surface area contributed by atoms with Crippen molar-refractivity contribution in [3.8, 4) is 0 Å². The van der Waals surface area contributed by atoms with Crippen LogP contribution in [0.5, 0.6) is 0 Å². The summed E-state index contributed by atoms with van der Waals surface area (Å²) in [4.78, 5) is 4.97. The minimum absolute atomic E-state index is 0.132. The van der Waals surface area contributed by atoms with E-state index in [2.05, 4.69) is 23.0 Å². The zero-order valence-corrected chi connectivity index (χ0v) is 13.3. The highest BCUT2D eigenvalue weighted by Crippen LogP contribution is 2.13. The van der Waals surface area contributed by atoms with Crippen molar-refractivity contribution in [2.45, 2.75) is 25.1 Å². The van der Waals surface area contributed by atoms with E-state index in [1.807, 2.05) is 17.8 Å². The molecule has 0 aliphatic carbocycles. The van der Waals surface area contributed by atoms with Gasteiger partial charge in [-0.15, -0.1) is 0 Å². The molecule has 0 aromatic heterocycles. The second-order valence-corrected chi connectivity index (χ2v) is 6.86. The van der Waals surface area contributed by atoms with Crippen molar-refractivity contribution in [3.63, 3.8) is 0 Å². The Hall–Kier alpha value is -0.580. The van der Waals surface area contributed by atoms with Gasteiger partial charge in [-0.25, -0.2) is 4.39 Å². The average molecular weight is 296 g/mol. The molecule has 0 spiro atoms. The minimum atomic E-state index is -0.132. The number of halogens is 1. The largest absolute Gasteiger partial charge is 0.301 e. The molecule has 1 saturated heterocycles. The average Bonchev–Trinajstić information content (AvgIpc) is 2.46. The number of benzene rings is 1. The highest BCUT2D eigenvalue weighted by Gasteiger charge is 2.17. The maximum Gasteiger partial charge on any atom is 0.123 e. The molecule has 1 fully saturated rings. The third kappa shape index (κ3) is 5.08. The van der Waals surface area contributed by atoms with E-state index in [0.717, 1.165) is 43.5 Å².